The van der Waals surface area contributed by atoms with Crippen molar-refractivity contribution in [3.8, 4) is 5.88 Å². The maximum atomic E-state index is 12.4. The van der Waals surface area contributed by atoms with Gasteiger partial charge in [-0.3, -0.25) is 0 Å². The van der Waals surface area contributed by atoms with Gasteiger partial charge in [0.15, 0.2) is 6.61 Å². The second-order valence-electron chi connectivity index (χ2n) is 6.50. The standard InChI is InChI=1S/C17H22N2O6S/c1-5-23-16(20)11-24-14-10-15(25-18-14)19-26(21,22)13-8-6-12(7-9-13)17(2,3)4/h6-10,19H,5,11H2,1-4H3. The maximum Gasteiger partial charge on any atom is 0.344 e. The molecule has 0 aliphatic carbocycles. The second-order valence-corrected chi connectivity index (χ2v) is 8.19. The van der Waals surface area contributed by atoms with Crippen LogP contribution in [0.3, 0.4) is 0 Å². The van der Waals surface area contributed by atoms with E-state index in [2.05, 4.69) is 9.88 Å². The molecule has 0 saturated carbocycles. The number of rotatable bonds is 7. The van der Waals surface area contributed by atoms with Crippen molar-refractivity contribution in [2.45, 2.75) is 38.0 Å². The summed E-state index contributed by atoms with van der Waals surface area (Å²) in [5.74, 6) is -0.709. The molecule has 0 fully saturated rings. The van der Waals surface area contributed by atoms with Gasteiger partial charge in [-0.1, -0.05) is 32.9 Å². The molecule has 0 unspecified atom stereocenters. The minimum atomic E-state index is -3.83. The van der Waals surface area contributed by atoms with Gasteiger partial charge in [0.25, 0.3) is 15.9 Å². The quantitative estimate of drug-likeness (QED) is 0.734. The summed E-state index contributed by atoms with van der Waals surface area (Å²) >= 11 is 0. The van der Waals surface area contributed by atoms with E-state index in [1.54, 1.807) is 19.1 Å². The number of ether oxygens (including phenoxy) is 2. The van der Waals surface area contributed by atoms with Gasteiger partial charge in [-0.25, -0.2) is 17.9 Å². The zero-order valence-corrected chi connectivity index (χ0v) is 15.9. The minimum Gasteiger partial charge on any atom is -0.463 e. The van der Waals surface area contributed by atoms with E-state index in [-0.39, 0.29) is 35.3 Å². The van der Waals surface area contributed by atoms with Gasteiger partial charge in [0.05, 0.1) is 17.6 Å². The number of anilines is 1. The third kappa shape index (κ3) is 5.22. The number of nitrogens with one attached hydrogen (secondary N) is 1. The Labute approximate surface area is 152 Å². The molecule has 0 radical (unpaired) electrons. The van der Waals surface area contributed by atoms with Crippen LogP contribution in [-0.2, 0) is 25.0 Å². The lowest BCUT2D eigenvalue weighted by atomic mass is 9.87. The molecule has 8 nitrogen and oxygen atoms in total. The largest absolute Gasteiger partial charge is 0.463 e. The fourth-order valence-electron chi connectivity index (χ4n) is 2.04. The van der Waals surface area contributed by atoms with Crippen molar-refractivity contribution >= 4 is 21.9 Å². The average Bonchev–Trinajstić information content (AvgIpc) is 2.99. The number of hydrogen-bond donors (Lipinski definition) is 1. The van der Waals surface area contributed by atoms with Crippen molar-refractivity contribution in [3.05, 3.63) is 35.9 Å². The van der Waals surface area contributed by atoms with Crippen molar-refractivity contribution in [1.82, 2.24) is 5.16 Å². The van der Waals surface area contributed by atoms with E-state index in [1.165, 1.54) is 18.2 Å². The van der Waals surface area contributed by atoms with Crippen LogP contribution in [0.2, 0.25) is 0 Å². The fourth-order valence-corrected chi connectivity index (χ4v) is 3.01. The number of nitrogens with zero attached hydrogens (tertiary/aromatic N) is 1. The van der Waals surface area contributed by atoms with E-state index in [0.29, 0.717) is 0 Å². The van der Waals surface area contributed by atoms with Crippen LogP contribution < -0.4 is 9.46 Å². The van der Waals surface area contributed by atoms with E-state index in [9.17, 15) is 13.2 Å². The van der Waals surface area contributed by atoms with E-state index in [0.717, 1.165) is 5.56 Å². The molecule has 26 heavy (non-hydrogen) atoms. The molecule has 0 spiro atoms. The molecule has 0 atom stereocenters. The van der Waals surface area contributed by atoms with E-state index < -0.39 is 16.0 Å². The van der Waals surface area contributed by atoms with Crippen LogP contribution in [-0.4, -0.2) is 32.8 Å². The topological polar surface area (TPSA) is 108 Å². The normalized spacial score (nSPS) is 11.8. The maximum absolute atomic E-state index is 12.4. The van der Waals surface area contributed by atoms with Crippen molar-refractivity contribution < 1.29 is 27.2 Å². The first-order chi connectivity index (χ1) is 12.1. The van der Waals surface area contributed by atoms with Crippen molar-refractivity contribution in [2.75, 3.05) is 17.9 Å². The first-order valence-corrected chi connectivity index (χ1v) is 9.48. The molecular weight excluding hydrogens is 360 g/mol. The van der Waals surface area contributed by atoms with Crippen LogP contribution in [0.4, 0.5) is 5.88 Å². The number of carbonyl (C=O) groups is 1. The Hall–Kier alpha value is -2.55. The first-order valence-electron chi connectivity index (χ1n) is 8.00. The summed E-state index contributed by atoms with van der Waals surface area (Å²) < 4.78 is 41.7. The Balaban J connectivity index is 2.04. The molecule has 1 heterocycles. The highest BCUT2D eigenvalue weighted by Gasteiger charge is 2.19. The first kappa shape index (κ1) is 19.8. The van der Waals surface area contributed by atoms with Gasteiger partial charge in [0, 0.05) is 0 Å². The molecule has 0 amide bonds. The van der Waals surface area contributed by atoms with Gasteiger partial charge in [-0.2, -0.15) is 0 Å². The van der Waals surface area contributed by atoms with E-state index >= 15 is 0 Å². The highest BCUT2D eigenvalue weighted by molar-refractivity contribution is 7.92. The van der Waals surface area contributed by atoms with Crippen LogP contribution in [0.15, 0.2) is 39.8 Å². The summed E-state index contributed by atoms with van der Waals surface area (Å²) in [4.78, 5) is 11.3. The molecule has 0 aliphatic heterocycles. The van der Waals surface area contributed by atoms with Crippen LogP contribution in [0.25, 0.3) is 0 Å². The molecule has 1 N–H and O–H groups in total. The molecule has 0 aliphatic rings. The highest BCUT2D eigenvalue weighted by Crippen LogP contribution is 2.25. The molecule has 2 rings (SSSR count). The Morgan fingerprint density at radius 1 is 1.23 bits per heavy atom. The lowest BCUT2D eigenvalue weighted by Crippen LogP contribution is -2.15. The summed E-state index contributed by atoms with van der Waals surface area (Å²) in [7, 11) is -3.83. The number of esters is 1. The highest BCUT2D eigenvalue weighted by atomic mass is 32.2. The van der Waals surface area contributed by atoms with Crippen LogP contribution >= 0.6 is 0 Å². The molecule has 0 bridgehead atoms. The average molecular weight is 382 g/mol. The molecule has 9 heteroatoms. The Morgan fingerprint density at radius 2 is 1.88 bits per heavy atom. The monoisotopic (exact) mass is 382 g/mol. The van der Waals surface area contributed by atoms with E-state index in [4.69, 9.17) is 14.0 Å². The summed E-state index contributed by atoms with van der Waals surface area (Å²) in [5.41, 5.74) is 0.942. The molecule has 1 aromatic carbocycles. The fraction of sp³-hybridized carbons (Fsp3) is 0.412. The van der Waals surface area contributed by atoms with Crippen LogP contribution in [0.1, 0.15) is 33.3 Å². The molecule has 0 saturated heterocycles. The zero-order chi connectivity index (χ0) is 19.4. The van der Waals surface area contributed by atoms with Gasteiger partial charge < -0.3 is 14.0 Å². The van der Waals surface area contributed by atoms with Crippen LogP contribution in [0.5, 0.6) is 5.88 Å². The molecular formula is C17H22N2O6S. The third-order valence-corrected chi connectivity index (χ3v) is 4.76. The molecule has 1 aromatic heterocycles. The van der Waals surface area contributed by atoms with Crippen molar-refractivity contribution in [2.24, 2.45) is 0 Å². The predicted molar refractivity (Wildman–Crippen MR) is 94.6 cm³/mol. The summed E-state index contributed by atoms with van der Waals surface area (Å²) in [6.07, 6.45) is 0. The lowest BCUT2D eigenvalue weighted by molar-refractivity contribution is -0.145. The van der Waals surface area contributed by atoms with Gasteiger partial charge in [0.2, 0.25) is 5.88 Å². The number of carbonyl (C=O) groups excluding carboxylic acids is 1. The molecule has 2 aromatic rings. The van der Waals surface area contributed by atoms with Gasteiger partial charge >= 0.3 is 5.97 Å². The van der Waals surface area contributed by atoms with Crippen molar-refractivity contribution in [1.29, 1.82) is 0 Å². The Bertz CT molecular complexity index is 850. The zero-order valence-electron chi connectivity index (χ0n) is 15.1. The van der Waals surface area contributed by atoms with Crippen LogP contribution in [0, 0.1) is 0 Å². The predicted octanol–water partition coefficient (Wildman–Crippen LogP) is 2.71. The van der Waals surface area contributed by atoms with Gasteiger partial charge in [-0.15, -0.1) is 0 Å². The lowest BCUT2D eigenvalue weighted by Gasteiger charge is -2.19. The Morgan fingerprint density at radius 3 is 2.46 bits per heavy atom. The number of aromatic nitrogens is 1. The molecule has 142 valence electrons. The summed E-state index contributed by atoms with van der Waals surface area (Å²) in [6.45, 7) is 7.69. The van der Waals surface area contributed by atoms with Gasteiger partial charge in [-0.05, 0) is 35.2 Å². The minimum absolute atomic E-state index is 0.0289. The number of sulfonamides is 1. The number of benzene rings is 1. The summed E-state index contributed by atoms with van der Waals surface area (Å²) in [6, 6.07) is 7.82. The smallest absolute Gasteiger partial charge is 0.344 e. The van der Waals surface area contributed by atoms with E-state index in [1.807, 2.05) is 20.8 Å². The number of hydrogen-bond acceptors (Lipinski definition) is 7. The van der Waals surface area contributed by atoms with Gasteiger partial charge in [0.1, 0.15) is 0 Å². The summed E-state index contributed by atoms with van der Waals surface area (Å²) in [5, 5.41) is 3.54. The SMILES string of the molecule is CCOC(=O)COc1cc(NS(=O)(=O)c2ccc(C(C)(C)C)cc2)on1. The van der Waals surface area contributed by atoms with Crippen molar-refractivity contribution in [3.63, 3.8) is 0 Å². The Kier molecular flexibility index (Phi) is 5.91. The third-order valence-electron chi connectivity index (χ3n) is 3.40. The second kappa shape index (κ2) is 7.77.